The Balaban J connectivity index is 3.13. The molecular weight excluding hydrogens is 187 g/mol. The van der Waals surface area contributed by atoms with Gasteiger partial charge in [-0.1, -0.05) is 17.7 Å². The van der Waals surface area contributed by atoms with E-state index in [0.717, 1.165) is 0 Å². The van der Waals surface area contributed by atoms with Crippen LogP contribution in [0.4, 0.5) is 0 Å². The molecule has 0 aliphatic carbocycles. The van der Waals surface area contributed by atoms with Crippen LogP contribution in [0.15, 0.2) is 18.2 Å². The lowest BCUT2D eigenvalue weighted by Crippen LogP contribution is -1.86. The molecule has 0 saturated carbocycles. The van der Waals surface area contributed by atoms with E-state index in [9.17, 15) is 0 Å². The zero-order valence-electron chi connectivity index (χ0n) is 5.80. The molecule has 0 aliphatic rings. The van der Waals surface area contributed by atoms with Gasteiger partial charge in [0.1, 0.15) is 11.9 Å². The highest BCUT2D eigenvalue weighted by atomic mass is 35.5. The standard InChI is InChI=1S/C7H6Cl2O2/c1-10-6-4-2-3-5(8)7(6)11-9/h2-4H,1H3. The summed E-state index contributed by atoms with van der Waals surface area (Å²) < 4.78 is 9.41. The number of benzene rings is 1. The van der Waals surface area contributed by atoms with Gasteiger partial charge in [0.2, 0.25) is 5.75 Å². The molecule has 0 spiro atoms. The summed E-state index contributed by atoms with van der Waals surface area (Å²) in [7, 11) is 1.52. The summed E-state index contributed by atoms with van der Waals surface area (Å²) in [6, 6.07) is 5.13. The van der Waals surface area contributed by atoms with E-state index in [1.165, 1.54) is 7.11 Å². The van der Waals surface area contributed by atoms with E-state index in [1.54, 1.807) is 18.2 Å². The van der Waals surface area contributed by atoms with Crippen molar-refractivity contribution >= 4 is 23.5 Å². The van der Waals surface area contributed by atoms with Crippen LogP contribution in [-0.2, 0) is 0 Å². The van der Waals surface area contributed by atoms with Crippen molar-refractivity contribution in [1.29, 1.82) is 0 Å². The zero-order chi connectivity index (χ0) is 8.27. The Morgan fingerprint density at radius 2 is 2.09 bits per heavy atom. The van der Waals surface area contributed by atoms with Crippen LogP contribution in [0, 0.1) is 0 Å². The smallest absolute Gasteiger partial charge is 0.206 e. The molecule has 0 saturated heterocycles. The first kappa shape index (κ1) is 8.50. The van der Waals surface area contributed by atoms with Crippen molar-refractivity contribution in [1.82, 2.24) is 0 Å². The van der Waals surface area contributed by atoms with Gasteiger partial charge in [-0.25, -0.2) is 0 Å². The molecule has 0 radical (unpaired) electrons. The molecule has 0 heterocycles. The second-order valence-electron chi connectivity index (χ2n) is 1.85. The van der Waals surface area contributed by atoms with Crippen LogP contribution in [0.25, 0.3) is 0 Å². The van der Waals surface area contributed by atoms with E-state index in [2.05, 4.69) is 4.29 Å². The first-order valence-electron chi connectivity index (χ1n) is 2.90. The van der Waals surface area contributed by atoms with E-state index < -0.39 is 0 Å². The second-order valence-corrected chi connectivity index (χ2v) is 2.41. The predicted octanol–water partition coefficient (Wildman–Crippen LogP) is 2.88. The number of rotatable bonds is 2. The molecule has 60 valence electrons. The molecular formula is C7H6Cl2O2. The van der Waals surface area contributed by atoms with Gasteiger partial charge < -0.3 is 9.03 Å². The molecule has 1 aromatic rings. The fourth-order valence-electron chi connectivity index (χ4n) is 0.725. The molecule has 1 rings (SSSR count). The first-order chi connectivity index (χ1) is 5.29. The lowest BCUT2D eigenvalue weighted by Gasteiger charge is -2.04. The monoisotopic (exact) mass is 192 g/mol. The van der Waals surface area contributed by atoms with Crippen LogP contribution in [-0.4, -0.2) is 7.11 Å². The average molecular weight is 193 g/mol. The summed E-state index contributed by atoms with van der Waals surface area (Å²) in [6.45, 7) is 0. The normalized spacial score (nSPS) is 9.36. The molecule has 0 aromatic heterocycles. The van der Waals surface area contributed by atoms with Gasteiger partial charge >= 0.3 is 0 Å². The van der Waals surface area contributed by atoms with Gasteiger partial charge in [0, 0.05) is 0 Å². The number of para-hydroxylation sites is 1. The minimum absolute atomic E-state index is 0.346. The summed E-state index contributed by atoms with van der Waals surface area (Å²) in [6.07, 6.45) is 0. The highest BCUT2D eigenvalue weighted by Gasteiger charge is 2.07. The summed E-state index contributed by atoms with van der Waals surface area (Å²) in [4.78, 5) is 0. The average Bonchev–Trinajstić information content (AvgIpc) is 2.04. The van der Waals surface area contributed by atoms with Gasteiger partial charge in [-0.2, -0.15) is 0 Å². The molecule has 0 atom stereocenters. The lowest BCUT2D eigenvalue weighted by molar-refractivity contribution is 0.397. The molecule has 0 amide bonds. The van der Waals surface area contributed by atoms with Crippen molar-refractivity contribution in [3.05, 3.63) is 23.2 Å². The summed E-state index contributed by atoms with van der Waals surface area (Å²) >= 11 is 10.9. The molecule has 0 fully saturated rings. The molecule has 2 nitrogen and oxygen atoms in total. The minimum atomic E-state index is 0.346. The third-order valence-corrected chi connectivity index (χ3v) is 1.68. The summed E-state index contributed by atoms with van der Waals surface area (Å²) in [5, 5.41) is 0.430. The maximum atomic E-state index is 5.72. The third-order valence-electron chi connectivity index (χ3n) is 1.23. The van der Waals surface area contributed by atoms with Crippen molar-refractivity contribution < 1.29 is 9.03 Å². The summed E-state index contributed by atoms with van der Waals surface area (Å²) in [5.74, 6) is 0.867. The van der Waals surface area contributed by atoms with Gasteiger partial charge in [0.25, 0.3) is 0 Å². The van der Waals surface area contributed by atoms with Crippen molar-refractivity contribution in [2.24, 2.45) is 0 Å². The minimum Gasteiger partial charge on any atom is -0.493 e. The first-order valence-corrected chi connectivity index (χ1v) is 3.59. The molecule has 1 aromatic carbocycles. The highest BCUT2D eigenvalue weighted by molar-refractivity contribution is 6.32. The van der Waals surface area contributed by atoms with Crippen LogP contribution in [0.1, 0.15) is 0 Å². The maximum Gasteiger partial charge on any atom is 0.206 e. The van der Waals surface area contributed by atoms with Gasteiger partial charge in [-0.15, -0.1) is 0 Å². The Morgan fingerprint density at radius 1 is 1.36 bits per heavy atom. The number of methoxy groups -OCH3 is 1. The Bertz CT molecular complexity index is 250. The van der Waals surface area contributed by atoms with Crippen molar-refractivity contribution in [3.63, 3.8) is 0 Å². The number of hydrogen-bond donors (Lipinski definition) is 0. The molecule has 0 aliphatic heterocycles. The van der Waals surface area contributed by atoms with Crippen LogP contribution >= 0.6 is 23.5 Å². The number of halogens is 2. The second kappa shape index (κ2) is 3.69. The van der Waals surface area contributed by atoms with Crippen molar-refractivity contribution in [2.45, 2.75) is 0 Å². The Morgan fingerprint density at radius 3 is 2.55 bits per heavy atom. The third kappa shape index (κ3) is 1.70. The fourth-order valence-corrected chi connectivity index (χ4v) is 1.13. The molecule has 0 N–H and O–H groups in total. The van der Waals surface area contributed by atoms with Crippen LogP contribution in [0.3, 0.4) is 0 Å². The lowest BCUT2D eigenvalue weighted by atomic mass is 10.3. The van der Waals surface area contributed by atoms with E-state index in [4.69, 9.17) is 28.2 Å². The van der Waals surface area contributed by atoms with Crippen LogP contribution in [0.5, 0.6) is 11.5 Å². The van der Waals surface area contributed by atoms with Crippen LogP contribution < -0.4 is 9.03 Å². The topological polar surface area (TPSA) is 18.5 Å². The van der Waals surface area contributed by atoms with Gasteiger partial charge in [-0.3, -0.25) is 0 Å². The van der Waals surface area contributed by atoms with E-state index in [-0.39, 0.29) is 0 Å². The predicted molar refractivity (Wildman–Crippen MR) is 44.5 cm³/mol. The molecule has 11 heavy (non-hydrogen) atoms. The summed E-state index contributed by atoms with van der Waals surface area (Å²) in [5.41, 5.74) is 0. The number of ether oxygens (including phenoxy) is 1. The van der Waals surface area contributed by atoms with Crippen molar-refractivity contribution in [2.75, 3.05) is 7.11 Å². The van der Waals surface area contributed by atoms with E-state index >= 15 is 0 Å². The number of hydrogen-bond acceptors (Lipinski definition) is 2. The Hall–Kier alpha value is -0.600. The van der Waals surface area contributed by atoms with E-state index in [0.29, 0.717) is 16.5 Å². The molecule has 0 unspecified atom stereocenters. The van der Waals surface area contributed by atoms with Gasteiger partial charge in [-0.05, 0) is 12.1 Å². The Labute approximate surface area is 74.8 Å². The Kier molecular flexibility index (Phi) is 2.85. The fraction of sp³-hybridized carbons (Fsp3) is 0.143. The molecule has 0 bridgehead atoms. The van der Waals surface area contributed by atoms with E-state index in [1.807, 2.05) is 0 Å². The maximum absolute atomic E-state index is 5.72. The van der Waals surface area contributed by atoms with Crippen molar-refractivity contribution in [3.8, 4) is 11.5 Å². The molecule has 4 heteroatoms. The van der Waals surface area contributed by atoms with Gasteiger partial charge in [0.15, 0.2) is 5.75 Å². The van der Waals surface area contributed by atoms with Gasteiger partial charge in [0.05, 0.1) is 12.1 Å². The zero-order valence-corrected chi connectivity index (χ0v) is 7.32. The largest absolute Gasteiger partial charge is 0.493 e. The quantitative estimate of drug-likeness (QED) is 0.718. The highest BCUT2D eigenvalue weighted by Crippen LogP contribution is 2.34. The van der Waals surface area contributed by atoms with Crippen LogP contribution in [0.2, 0.25) is 5.02 Å². The SMILES string of the molecule is COc1cccc(Cl)c1OCl.